The zero-order chi connectivity index (χ0) is 13.5. The molecule has 0 saturated carbocycles. The molecule has 0 unspecified atom stereocenters. The molecule has 0 aliphatic heterocycles. The Bertz CT molecular complexity index is 162. The van der Waals surface area contributed by atoms with E-state index in [-0.39, 0.29) is 0 Å². The van der Waals surface area contributed by atoms with Crippen LogP contribution in [0.2, 0.25) is 0 Å². The first-order valence-electron chi connectivity index (χ1n) is 6.42. The van der Waals surface area contributed by atoms with Crippen molar-refractivity contribution in [1.29, 1.82) is 0 Å². The van der Waals surface area contributed by atoms with E-state index >= 15 is 0 Å². The molecule has 0 aromatic heterocycles. The van der Waals surface area contributed by atoms with Crippen LogP contribution >= 0.6 is 0 Å². The first-order chi connectivity index (χ1) is 7.75. The molecule has 0 fully saturated rings. The predicted octanol–water partition coefficient (Wildman–Crippen LogP) is 2.78. The fourth-order valence-corrected chi connectivity index (χ4v) is 1.67. The molecule has 0 N–H and O–H groups in total. The third-order valence-corrected chi connectivity index (χ3v) is 3.06. The molecule has 0 amide bonds. The molecule has 17 heavy (non-hydrogen) atoms. The topological polar surface area (TPSA) is 27.7 Å². The molecule has 0 rings (SSSR count). The summed E-state index contributed by atoms with van der Waals surface area (Å²) in [4.78, 5) is 0. The van der Waals surface area contributed by atoms with E-state index in [0.717, 1.165) is 22.5 Å². The van der Waals surface area contributed by atoms with Crippen molar-refractivity contribution in [2.24, 2.45) is 17.8 Å². The summed E-state index contributed by atoms with van der Waals surface area (Å²) in [6.45, 7) is 14.8. The Hall–Kier alpha value is 0.679. The van der Waals surface area contributed by atoms with Gasteiger partial charge in [-0.05, 0) is 0 Å². The summed E-state index contributed by atoms with van der Waals surface area (Å²) in [6, 6.07) is 0. The van der Waals surface area contributed by atoms with Gasteiger partial charge in [0, 0.05) is 0 Å². The second-order valence-corrected chi connectivity index (χ2v) is 7.42. The van der Waals surface area contributed by atoms with Gasteiger partial charge < -0.3 is 0 Å². The van der Waals surface area contributed by atoms with Gasteiger partial charge in [0.05, 0.1) is 0 Å². The van der Waals surface area contributed by atoms with Crippen LogP contribution in [-0.2, 0) is 14.2 Å². The Labute approximate surface area is 120 Å². The molecular weight excluding hydrogens is 323 g/mol. The quantitative estimate of drug-likeness (QED) is 0.473. The monoisotopic (exact) mass is 351 g/mol. The van der Waals surface area contributed by atoms with Crippen molar-refractivity contribution >= 4 is 22.5 Å². The van der Waals surface area contributed by atoms with Crippen molar-refractivity contribution in [3.8, 4) is 0 Å². The Kier molecular flexibility index (Phi) is 9.07. The number of hydrogen-bond donors (Lipinski definition) is 0. The summed E-state index contributed by atoms with van der Waals surface area (Å²) in [5.41, 5.74) is 0. The summed E-state index contributed by atoms with van der Waals surface area (Å²) in [5, 5.41) is 0. The second-order valence-electron chi connectivity index (χ2n) is 5.67. The molecule has 0 heterocycles. The fraction of sp³-hybridized carbons (Fsp3) is 1.00. The average Bonchev–Trinajstić information content (AvgIpc) is 2.21. The van der Waals surface area contributed by atoms with E-state index in [0.29, 0.717) is 37.6 Å². The van der Waals surface area contributed by atoms with Gasteiger partial charge in [0.25, 0.3) is 0 Å². The van der Waals surface area contributed by atoms with Crippen molar-refractivity contribution in [1.82, 2.24) is 0 Å². The molecule has 0 spiro atoms. The van der Waals surface area contributed by atoms with Crippen LogP contribution < -0.4 is 0 Å². The molecule has 0 atom stereocenters. The Morgan fingerprint density at radius 3 is 1.12 bits per heavy atom. The van der Waals surface area contributed by atoms with Crippen molar-refractivity contribution in [3.63, 3.8) is 0 Å². The van der Waals surface area contributed by atoms with Gasteiger partial charge in [-0.2, -0.15) is 0 Å². The molecule has 0 bridgehead atoms. The van der Waals surface area contributed by atoms with Crippen molar-refractivity contribution < 1.29 is 14.2 Å². The average molecular weight is 350 g/mol. The van der Waals surface area contributed by atoms with Crippen LogP contribution in [-0.4, -0.2) is 46.3 Å². The molecule has 0 aliphatic rings. The third-order valence-electron chi connectivity index (χ3n) is 1.82. The van der Waals surface area contributed by atoms with Crippen LogP contribution in [0.1, 0.15) is 41.5 Å². The molecule has 0 aliphatic carbocycles. The van der Waals surface area contributed by atoms with Crippen LogP contribution in [0.15, 0.2) is 0 Å². The second kappa shape index (κ2) is 8.72. The van der Waals surface area contributed by atoms with Gasteiger partial charge in [-0.1, -0.05) is 0 Å². The summed E-state index contributed by atoms with van der Waals surface area (Å²) in [5.74, 6) is 1.46. The standard InChI is InChI=1S/C13H27O3.Sn/c1-10(2)7-14-13(15-8-11(3)4)16-9-12(5)6;/h10-12H,7-9H2,1-6H3;/q;+3. The van der Waals surface area contributed by atoms with Crippen molar-refractivity contribution in [2.75, 3.05) is 19.8 Å². The van der Waals surface area contributed by atoms with Crippen LogP contribution in [0.3, 0.4) is 0 Å². The summed E-state index contributed by atoms with van der Waals surface area (Å²) >= 11 is 1.12. The Morgan fingerprint density at radius 1 is 0.706 bits per heavy atom. The first kappa shape index (κ1) is 17.7. The summed E-state index contributed by atoms with van der Waals surface area (Å²) < 4.78 is 16.5. The molecule has 3 nitrogen and oxygen atoms in total. The van der Waals surface area contributed by atoms with E-state index in [1.54, 1.807) is 0 Å². The zero-order valence-electron chi connectivity index (χ0n) is 12.1. The van der Waals surface area contributed by atoms with Gasteiger partial charge in [0.2, 0.25) is 0 Å². The molecule has 4 heteroatoms. The van der Waals surface area contributed by atoms with Crippen LogP contribution in [0.5, 0.6) is 0 Å². The third kappa shape index (κ3) is 10.3. The zero-order valence-corrected chi connectivity index (χ0v) is 14.9. The maximum absolute atomic E-state index is 5.79. The van der Waals surface area contributed by atoms with E-state index in [2.05, 4.69) is 41.5 Å². The molecule has 0 saturated heterocycles. The Balaban J connectivity index is 4.23. The first-order valence-corrected chi connectivity index (χ1v) is 7.84. The van der Waals surface area contributed by atoms with Crippen LogP contribution in [0.4, 0.5) is 0 Å². The minimum absolute atomic E-state index is 0.486. The minimum atomic E-state index is -0.814. The van der Waals surface area contributed by atoms with Crippen molar-refractivity contribution in [2.45, 2.75) is 45.5 Å². The van der Waals surface area contributed by atoms with E-state index in [9.17, 15) is 0 Å². The van der Waals surface area contributed by atoms with Gasteiger partial charge in [-0.3, -0.25) is 0 Å². The summed E-state index contributed by atoms with van der Waals surface area (Å²) in [7, 11) is 0. The molecule has 0 radical (unpaired) electrons. The van der Waals surface area contributed by atoms with Crippen molar-refractivity contribution in [3.05, 3.63) is 0 Å². The number of rotatable bonds is 9. The van der Waals surface area contributed by atoms with E-state index in [1.165, 1.54) is 0 Å². The molecular formula is C13H27O3Sn+3. The van der Waals surface area contributed by atoms with Gasteiger partial charge >= 0.3 is 120 Å². The van der Waals surface area contributed by atoms with E-state index < -0.39 is 3.99 Å². The predicted molar refractivity (Wildman–Crippen MR) is 70.9 cm³/mol. The van der Waals surface area contributed by atoms with Gasteiger partial charge in [0.15, 0.2) is 0 Å². The normalized spacial score (nSPS) is 13.1. The fourth-order valence-electron chi connectivity index (χ4n) is 0.954. The number of ether oxygens (including phenoxy) is 3. The van der Waals surface area contributed by atoms with Crippen LogP contribution in [0.25, 0.3) is 0 Å². The van der Waals surface area contributed by atoms with E-state index in [4.69, 9.17) is 14.2 Å². The number of hydrogen-bond acceptors (Lipinski definition) is 3. The van der Waals surface area contributed by atoms with Gasteiger partial charge in [-0.25, -0.2) is 0 Å². The van der Waals surface area contributed by atoms with Gasteiger partial charge in [0.1, 0.15) is 0 Å². The molecule has 98 valence electrons. The molecule has 0 aromatic carbocycles. The van der Waals surface area contributed by atoms with E-state index in [1.807, 2.05) is 0 Å². The maximum atomic E-state index is 5.79. The Morgan fingerprint density at radius 2 is 0.941 bits per heavy atom. The summed E-state index contributed by atoms with van der Waals surface area (Å²) in [6.07, 6.45) is 0. The SMILES string of the molecule is CC(C)CO[C]([Sn+3])(OCC(C)C)OCC(C)C. The molecule has 0 aromatic rings. The van der Waals surface area contributed by atoms with Gasteiger partial charge in [-0.15, -0.1) is 0 Å². The van der Waals surface area contributed by atoms with Crippen LogP contribution in [0, 0.1) is 17.8 Å².